The van der Waals surface area contributed by atoms with Crippen LogP contribution < -0.4 is 4.90 Å². The van der Waals surface area contributed by atoms with Crippen molar-refractivity contribution in [1.82, 2.24) is 14.1 Å². The number of sulfonamides is 1. The number of carbonyl (C=O) groups excluding carboxylic acids is 1. The monoisotopic (exact) mass is 362 g/mol. The lowest BCUT2D eigenvalue weighted by Gasteiger charge is -2.18. The van der Waals surface area contributed by atoms with Gasteiger partial charge in [0.1, 0.15) is 11.4 Å². The summed E-state index contributed by atoms with van der Waals surface area (Å²) in [6, 6.07) is 7.83. The third kappa shape index (κ3) is 2.96. The SMILES string of the molecule is Cc1nn(CC(=O)N2CCc3ccccc32)c(C)c1S(=O)(=O)N(C)C. The smallest absolute Gasteiger partial charge is 0.248 e. The molecule has 0 unspecified atom stereocenters. The highest BCUT2D eigenvalue weighted by Gasteiger charge is 2.29. The lowest BCUT2D eigenvalue weighted by atomic mass is 10.2. The molecule has 0 spiro atoms. The Hall–Kier alpha value is -2.19. The maximum absolute atomic E-state index is 12.7. The van der Waals surface area contributed by atoms with E-state index in [4.69, 9.17) is 0 Å². The molecule has 0 saturated heterocycles. The summed E-state index contributed by atoms with van der Waals surface area (Å²) in [7, 11) is -0.628. The predicted molar refractivity (Wildman–Crippen MR) is 95.1 cm³/mol. The van der Waals surface area contributed by atoms with Crippen molar-refractivity contribution in [2.45, 2.75) is 31.7 Å². The number of hydrogen-bond acceptors (Lipinski definition) is 4. The molecule has 1 aliphatic heterocycles. The zero-order valence-corrected chi connectivity index (χ0v) is 15.7. The van der Waals surface area contributed by atoms with Gasteiger partial charge in [-0.3, -0.25) is 9.48 Å². The van der Waals surface area contributed by atoms with Crippen molar-refractivity contribution in [3.63, 3.8) is 0 Å². The second kappa shape index (κ2) is 6.27. The van der Waals surface area contributed by atoms with E-state index in [2.05, 4.69) is 5.10 Å². The standard InChI is InChI=1S/C17H22N4O3S/c1-12-17(25(23,24)19(3)4)13(2)21(18-12)11-16(22)20-10-9-14-7-5-6-8-15(14)20/h5-8H,9-11H2,1-4H3. The van der Waals surface area contributed by atoms with Gasteiger partial charge in [-0.25, -0.2) is 12.7 Å². The van der Waals surface area contributed by atoms with E-state index in [0.29, 0.717) is 17.9 Å². The minimum atomic E-state index is -3.60. The number of carbonyl (C=O) groups is 1. The lowest BCUT2D eigenvalue weighted by Crippen LogP contribution is -2.33. The van der Waals surface area contributed by atoms with Crippen LogP contribution in [0.15, 0.2) is 29.2 Å². The molecule has 1 aliphatic rings. The fraction of sp³-hybridized carbons (Fsp3) is 0.412. The first-order valence-electron chi connectivity index (χ1n) is 8.08. The average molecular weight is 362 g/mol. The molecule has 1 amide bonds. The molecule has 7 nitrogen and oxygen atoms in total. The van der Waals surface area contributed by atoms with Crippen LogP contribution in [0.25, 0.3) is 0 Å². The molecular formula is C17H22N4O3S. The number of para-hydroxylation sites is 1. The Kier molecular flexibility index (Phi) is 4.42. The van der Waals surface area contributed by atoms with Crippen molar-refractivity contribution in [1.29, 1.82) is 0 Å². The van der Waals surface area contributed by atoms with E-state index in [1.165, 1.54) is 18.8 Å². The molecule has 3 rings (SSSR count). The van der Waals surface area contributed by atoms with Crippen molar-refractivity contribution in [2.24, 2.45) is 0 Å². The number of hydrogen-bond donors (Lipinski definition) is 0. The molecular weight excluding hydrogens is 340 g/mol. The van der Waals surface area contributed by atoms with E-state index in [0.717, 1.165) is 22.0 Å². The van der Waals surface area contributed by atoms with E-state index in [9.17, 15) is 13.2 Å². The topological polar surface area (TPSA) is 75.5 Å². The van der Waals surface area contributed by atoms with Gasteiger partial charge in [-0.2, -0.15) is 5.10 Å². The summed E-state index contributed by atoms with van der Waals surface area (Å²) in [4.78, 5) is 14.7. The Bertz CT molecular complexity index is 931. The fourth-order valence-electron chi connectivity index (χ4n) is 3.20. The molecule has 0 aliphatic carbocycles. The van der Waals surface area contributed by atoms with Gasteiger partial charge in [0.15, 0.2) is 0 Å². The van der Waals surface area contributed by atoms with E-state index >= 15 is 0 Å². The van der Waals surface area contributed by atoms with Crippen LogP contribution in [-0.4, -0.2) is 49.1 Å². The Labute approximate surface area is 147 Å². The number of anilines is 1. The summed E-state index contributed by atoms with van der Waals surface area (Å²) < 4.78 is 27.6. The van der Waals surface area contributed by atoms with Crippen LogP contribution in [-0.2, 0) is 27.8 Å². The number of fused-ring (bicyclic) bond motifs is 1. The highest BCUT2D eigenvalue weighted by molar-refractivity contribution is 7.89. The predicted octanol–water partition coefficient (Wildman–Crippen LogP) is 1.34. The summed E-state index contributed by atoms with van der Waals surface area (Å²) >= 11 is 0. The van der Waals surface area contributed by atoms with E-state index in [1.807, 2.05) is 24.3 Å². The number of rotatable bonds is 4. The van der Waals surface area contributed by atoms with Crippen molar-refractivity contribution >= 4 is 21.6 Å². The molecule has 25 heavy (non-hydrogen) atoms. The maximum Gasteiger partial charge on any atom is 0.248 e. The molecule has 0 bridgehead atoms. The van der Waals surface area contributed by atoms with Gasteiger partial charge < -0.3 is 4.90 Å². The molecule has 8 heteroatoms. The molecule has 2 heterocycles. The normalized spacial score (nSPS) is 14.2. The molecule has 0 saturated carbocycles. The van der Waals surface area contributed by atoms with Crippen LogP contribution in [0.3, 0.4) is 0 Å². The number of aryl methyl sites for hydroxylation is 1. The first kappa shape index (κ1) is 17.6. The third-order valence-corrected chi connectivity index (χ3v) is 6.60. The second-order valence-electron chi connectivity index (χ2n) is 6.37. The van der Waals surface area contributed by atoms with E-state index in [-0.39, 0.29) is 17.3 Å². The number of amides is 1. The van der Waals surface area contributed by atoms with Gasteiger partial charge >= 0.3 is 0 Å². The van der Waals surface area contributed by atoms with Crippen molar-refractivity contribution < 1.29 is 13.2 Å². The van der Waals surface area contributed by atoms with Crippen LogP contribution in [0.1, 0.15) is 17.0 Å². The molecule has 1 aromatic heterocycles. The molecule has 0 radical (unpaired) electrons. The highest BCUT2D eigenvalue weighted by Crippen LogP contribution is 2.28. The van der Waals surface area contributed by atoms with Gasteiger partial charge in [0.25, 0.3) is 0 Å². The summed E-state index contributed by atoms with van der Waals surface area (Å²) in [6.45, 7) is 3.99. The van der Waals surface area contributed by atoms with Crippen molar-refractivity contribution in [3.05, 3.63) is 41.2 Å². The minimum Gasteiger partial charge on any atom is -0.310 e. The zero-order valence-electron chi connectivity index (χ0n) is 14.9. The van der Waals surface area contributed by atoms with Crippen molar-refractivity contribution in [3.8, 4) is 0 Å². The lowest BCUT2D eigenvalue weighted by molar-refractivity contribution is -0.119. The Morgan fingerprint density at radius 3 is 2.60 bits per heavy atom. The van der Waals surface area contributed by atoms with Gasteiger partial charge in [-0.15, -0.1) is 0 Å². The first-order chi connectivity index (χ1) is 11.7. The summed E-state index contributed by atoms with van der Waals surface area (Å²) in [5.41, 5.74) is 2.96. The highest BCUT2D eigenvalue weighted by atomic mass is 32.2. The quantitative estimate of drug-likeness (QED) is 0.822. The molecule has 134 valence electrons. The van der Waals surface area contributed by atoms with E-state index in [1.54, 1.807) is 18.7 Å². The largest absolute Gasteiger partial charge is 0.310 e. The van der Waals surface area contributed by atoms with Gasteiger partial charge in [0, 0.05) is 26.3 Å². The molecule has 1 aromatic carbocycles. The van der Waals surface area contributed by atoms with E-state index < -0.39 is 10.0 Å². The van der Waals surface area contributed by atoms with Gasteiger partial charge in [-0.05, 0) is 31.9 Å². The Balaban J connectivity index is 1.89. The number of nitrogens with zero attached hydrogens (tertiary/aromatic N) is 4. The number of benzene rings is 1. The summed E-state index contributed by atoms with van der Waals surface area (Å²) in [6.07, 6.45) is 0.833. The van der Waals surface area contributed by atoms with Gasteiger partial charge in [0.05, 0.1) is 11.4 Å². The average Bonchev–Trinajstić information content (AvgIpc) is 3.08. The zero-order chi connectivity index (χ0) is 18.4. The molecule has 0 N–H and O–H groups in total. The molecule has 2 aromatic rings. The first-order valence-corrected chi connectivity index (χ1v) is 9.52. The van der Waals surface area contributed by atoms with Gasteiger partial charge in [0.2, 0.25) is 15.9 Å². The molecule has 0 fully saturated rings. The van der Waals surface area contributed by atoms with Crippen LogP contribution in [0, 0.1) is 13.8 Å². The van der Waals surface area contributed by atoms with Gasteiger partial charge in [-0.1, -0.05) is 18.2 Å². The Morgan fingerprint density at radius 2 is 1.92 bits per heavy atom. The second-order valence-corrected chi connectivity index (χ2v) is 8.46. The third-order valence-electron chi connectivity index (χ3n) is 4.53. The van der Waals surface area contributed by atoms with Crippen LogP contribution >= 0.6 is 0 Å². The maximum atomic E-state index is 12.7. The number of aromatic nitrogens is 2. The molecule has 0 atom stereocenters. The summed E-state index contributed by atoms with van der Waals surface area (Å²) in [5.74, 6) is -0.0932. The summed E-state index contributed by atoms with van der Waals surface area (Å²) in [5, 5.41) is 4.29. The van der Waals surface area contributed by atoms with Crippen LogP contribution in [0.5, 0.6) is 0 Å². The Morgan fingerprint density at radius 1 is 1.24 bits per heavy atom. The van der Waals surface area contributed by atoms with Crippen LogP contribution in [0.2, 0.25) is 0 Å². The van der Waals surface area contributed by atoms with Crippen LogP contribution in [0.4, 0.5) is 5.69 Å². The fourth-order valence-corrected chi connectivity index (χ4v) is 4.46. The minimum absolute atomic E-state index is 0.0178. The van der Waals surface area contributed by atoms with Crippen molar-refractivity contribution in [2.75, 3.05) is 25.5 Å².